The van der Waals surface area contributed by atoms with E-state index in [1.807, 2.05) is 13.8 Å². The highest BCUT2D eigenvalue weighted by Gasteiger charge is 2.41. The molecule has 5 heteroatoms. The number of carbonyl (C=O) groups excluding carboxylic acids is 1. The molecular formula is C14H23NO3S. The predicted molar refractivity (Wildman–Crippen MR) is 75.5 cm³/mol. The lowest BCUT2D eigenvalue weighted by atomic mass is 9.92. The minimum Gasteiger partial charge on any atom is -0.340 e. The quantitative estimate of drug-likeness (QED) is 0.738. The second-order valence-corrected chi connectivity index (χ2v) is 8.40. The van der Waals surface area contributed by atoms with E-state index in [1.165, 1.54) is 0 Å². The molecular weight excluding hydrogens is 262 g/mol. The van der Waals surface area contributed by atoms with E-state index in [0.29, 0.717) is 13.1 Å². The average molecular weight is 285 g/mol. The van der Waals surface area contributed by atoms with Crippen LogP contribution in [0.3, 0.4) is 0 Å². The summed E-state index contributed by atoms with van der Waals surface area (Å²) < 4.78 is 24.0. The normalized spacial score (nSPS) is 24.6. The molecule has 0 aromatic rings. The van der Waals surface area contributed by atoms with Crippen LogP contribution in [-0.2, 0) is 14.6 Å². The van der Waals surface area contributed by atoms with Crippen molar-refractivity contribution in [3.8, 4) is 0 Å². The molecule has 1 atom stereocenters. The first-order valence-corrected chi connectivity index (χ1v) is 8.77. The van der Waals surface area contributed by atoms with Gasteiger partial charge in [0.05, 0.1) is 11.0 Å². The largest absolute Gasteiger partial charge is 0.340 e. The van der Waals surface area contributed by atoms with Crippen molar-refractivity contribution in [2.75, 3.05) is 18.8 Å². The van der Waals surface area contributed by atoms with Crippen LogP contribution < -0.4 is 0 Å². The molecule has 0 saturated carbocycles. The summed E-state index contributed by atoms with van der Waals surface area (Å²) in [7, 11) is -3.03. The Morgan fingerprint density at radius 3 is 2.53 bits per heavy atom. The van der Waals surface area contributed by atoms with Gasteiger partial charge in [0.1, 0.15) is 0 Å². The molecule has 0 aromatic heterocycles. The SMILES string of the molecule is CC(C)CS(=O)(=O)C1CN(C(=O)[C@@H]2CC=CCC2)C1. The third kappa shape index (κ3) is 3.38. The van der Waals surface area contributed by atoms with Crippen molar-refractivity contribution in [3.05, 3.63) is 12.2 Å². The first-order valence-electron chi connectivity index (χ1n) is 7.05. The van der Waals surface area contributed by atoms with Crippen LogP contribution in [0.1, 0.15) is 33.1 Å². The molecule has 1 fully saturated rings. The third-order valence-electron chi connectivity index (χ3n) is 3.85. The zero-order valence-corrected chi connectivity index (χ0v) is 12.5. The Bertz CT molecular complexity index is 461. The predicted octanol–water partition coefficient (Wildman–Crippen LogP) is 1.62. The summed E-state index contributed by atoms with van der Waals surface area (Å²) in [6.45, 7) is 4.61. The van der Waals surface area contributed by atoms with E-state index in [2.05, 4.69) is 12.2 Å². The lowest BCUT2D eigenvalue weighted by Crippen LogP contribution is -2.58. The third-order valence-corrected chi connectivity index (χ3v) is 6.30. The van der Waals surface area contributed by atoms with Crippen LogP contribution in [0.4, 0.5) is 0 Å². The number of hydrogen-bond donors (Lipinski definition) is 0. The van der Waals surface area contributed by atoms with E-state index in [0.717, 1.165) is 19.3 Å². The smallest absolute Gasteiger partial charge is 0.226 e. The number of hydrogen-bond acceptors (Lipinski definition) is 3. The molecule has 108 valence electrons. The van der Waals surface area contributed by atoms with Crippen LogP contribution in [0.25, 0.3) is 0 Å². The van der Waals surface area contributed by atoms with Gasteiger partial charge in [-0.3, -0.25) is 4.79 Å². The number of likely N-dealkylation sites (tertiary alicyclic amines) is 1. The van der Waals surface area contributed by atoms with Crippen molar-refractivity contribution in [2.24, 2.45) is 11.8 Å². The molecule has 0 radical (unpaired) electrons. The van der Waals surface area contributed by atoms with Crippen molar-refractivity contribution in [1.82, 2.24) is 4.90 Å². The summed E-state index contributed by atoms with van der Waals surface area (Å²) in [5, 5.41) is -0.335. The second-order valence-electron chi connectivity index (χ2n) is 6.07. The van der Waals surface area contributed by atoms with Crippen LogP contribution in [0.15, 0.2) is 12.2 Å². The maximum Gasteiger partial charge on any atom is 0.226 e. The summed E-state index contributed by atoms with van der Waals surface area (Å²) in [5.74, 6) is 0.587. The molecule has 19 heavy (non-hydrogen) atoms. The van der Waals surface area contributed by atoms with Gasteiger partial charge in [0, 0.05) is 19.0 Å². The van der Waals surface area contributed by atoms with Crippen LogP contribution in [0.2, 0.25) is 0 Å². The fourth-order valence-electron chi connectivity index (χ4n) is 2.72. The Morgan fingerprint density at radius 2 is 2.00 bits per heavy atom. The van der Waals surface area contributed by atoms with E-state index >= 15 is 0 Å². The number of amides is 1. The van der Waals surface area contributed by atoms with Gasteiger partial charge in [0.15, 0.2) is 9.84 Å². The van der Waals surface area contributed by atoms with Gasteiger partial charge in [0.2, 0.25) is 5.91 Å². The van der Waals surface area contributed by atoms with Gasteiger partial charge < -0.3 is 4.90 Å². The monoisotopic (exact) mass is 285 g/mol. The van der Waals surface area contributed by atoms with Crippen LogP contribution >= 0.6 is 0 Å². The zero-order chi connectivity index (χ0) is 14.0. The summed E-state index contributed by atoms with van der Waals surface area (Å²) in [6, 6.07) is 0. The molecule has 1 aliphatic heterocycles. The highest BCUT2D eigenvalue weighted by molar-refractivity contribution is 7.92. The topological polar surface area (TPSA) is 54.5 Å². The van der Waals surface area contributed by atoms with Crippen LogP contribution in [0.5, 0.6) is 0 Å². The highest BCUT2D eigenvalue weighted by Crippen LogP contribution is 2.26. The average Bonchev–Trinajstić information content (AvgIpc) is 2.25. The Balaban J connectivity index is 1.85. The van der Waals surface area contributed by atoms with E-state index < -0.39 is 9.84 Å². The Morgan fingerprint density at radius 1 is 1.32 bits per heavy atom. The van der Waals surface area contributed by atoms with E-state index in [4.69, 9.17) is 0 Å². The molecule has 0 unspecified atom stereocenters. The molecule has 1 aliphatic carbocycles. The standard InChI is InChI=1S/C14H23NO3S/c1-11(2)10-19(17,18)13-8-15(9-13)14(16)12-6-4-3-5-7-12/h3-4,11-13H,5-10H2,1-2H3/t12-/m1/s1. The van der Waals surface area contributed by atoms with Crippen LogP contribution in [0, 0.1) is 11.8 Å². The van der Waals surface area contributed by atoms with Crippen molar-refractivity contribution < 1.29 is 13.2 Å². The molecule has 4 nitrogen and oxygen atoms in total. The molecule has 0 aromatic carbocycles. The number of allylic oxidation sites excluding steroid dienone is 2. The minimum atomic E-state index is -3.03. The fraction of sp³-hybridized carbons (Fsp3) is 0.786. The molecule has 2 rings (SSSR count). The van der Waals surface area contributed by atoms with Crippen molar-refractivity contribution in [1.29, 1.82) is 0 Å². The summed E-state index contributed by atoms with van der Waals surface area (Å²) in [4.78, 5) is 13.9. The summed E-state index contributed by atoms with van der Waals surface area (Å²) in [5.41, 5.74) is 0. The lowest BCUT2D eigenvalue weighted by Gasteiger charge is -2.41. The summed E-state index contributed by atoms with van der Waals surface area (Å²) in [6.07, 6.45) is 6.82. The zero-order valence-electron chi connectivity index (χ0n) is 11.7. The Kier molecular flexibility index (Phi) is 4.33. The number of nitrogens with zero attached hydrogens (tertiary/aromatic N) is 1. The van der Waals surface area contributed by atoms with E-state index in [1.54, 1.807) is 4.90 Å². The molecule has 1 amide bonds. The lowest BCUT2D eigenvalue weighted by molar-refractivity contribution is -0.139. The number of rotatable bonds is 4. The summed E-state index contributed by atoms with van der Waals surface area (Å²) >= 11 is 0. The van der Waals surface area contributed by atoms with Crippen molar-refractivity contribution in [3.63, 3.8) is 0 Å². The van der Waals surface area contributed by atoms with Gasteiger partial charge >= 0.3 is 0 Å². The Hall–Kier alpha value is -0.840. The molecule has 1 saturated heterocycles. The minimum absolute atomic E-state index is 0.0683. The molecule has 0 N–H and O–H groups in total. The molecule has 0 spiro atoms. The fourth-order valence-corrected chi connectivity index (χ4v) is 4.74. The van der Waals surface area contributed by atoms with Crippen molar-refractivity contribution >= 4 is 15.7 Å². The van der Waals surface area contributed by atoms with Gasteiger partial charge in [-0.2, -0.15) is 0 Å². The van der Waals surface area contributed by atoms with Gasteiger partial charge in [-0.25, -0.2) is 8.42 Å². The first-order chi connectivity index (χ1) is 8.90. The number of sulfone groups is 1. The molecule has 0 bridgehead atoms. The first kappa shape index (κ1) is 14.6. The van der Waals surface area contributed by atoms with Crippen LogP contribution in [-0.4, -0.2) is 43.3 Å². The Labute approximate surface area is 115 Å². The van der Waals surface area contributed by atoms with E-state index in [9.17, 15) is 13.2 Å². The number of carbonyl (C=O) groups is 1. The van der Waals surface area contributed by atoms with Gasteiger partial charge in [-0.1, -0.05) is 26.0 Å². The maximum absolute atomic E-state index is 12.2. The molecule has 1 heterocycles. The highest BCUT2D eigenvalue weighted by atomic mass is 32.2. The van der Waals surface area contributed by atoms with E-state index in [-0.39, 0.29) is 28.7 Å². The molecule has 2 aliphatic rings. The maximum atomic E-state index is 12.2. The van der Waals surface area contributed by atoms with Crippen molar-refractivity contribution in [2.45, 2.75) is 38.4 Å². The van der Waals surface area contributed by atoms with Gasteiger partial charge in [-0.15, -0.1) is 0 Å². The van der Waals surface area contributed by atoms with Gasteiger partial charge in [-0.05, 0) is 25.2 Å². The second kappa shape index (κ2) is 5.65. The van der Waals surface area contributed by atoms with Gasteiger partial charge in [0.25, 0.3) is 0 Å².